The Labute approximate surface area is 134 Å². The Hall–Kier alpha value is -1.55. The normalized spacial score (nSPS) is 10.5. The van der Waals surface area contributed by atoms with Gasteiger partial charge in [0, 0.05) is 5.56 Å². The Morgan fingerprint density at radius 2 is 1.81 bits per heavy atom. The van der Waals surface area contributed by atoms with Crippen LogP contribution in [0.1, 0.15) is 21.5 Å². The van der Waals surface area contributed by atoms with E-state index in [0.29, 0.717) is 27.8 Å². The van der Waals surface area contributed by atoms with Crippen molar-refractivity contribution >= 4 is 34.8 Å². The number of hydrogen-bond acceptors (Lipinski definition) is 2. The molecule has 21 heavy (non-hydrogen) atoms. The molecule has 0 atom stereocenters. The molecule has 0 aliphatic heterocycles. The molecule has 0 aliphatic rings. The molecule has 1 amide bonds. The van der Waals surface area contributed by atoms with Crippen LogP contribution >= 0.6 is 23.2 Å². The molecule has 0 aliphatic carbocycles. The molecule has 2 aromatic rings. The summed E-state index contributed by atoms with van der Waals surface area (Å²) in [5.41, 5.74) is 8.44. The SMILES string of the molecule is Cc1ccc(Cl)c(NC(=O)c2ccc(CCN)cc2)c1Cl. The molecule has 0 heterocycles. The van der Waals surface area contributed by atoms with E-state index in [0.717, 1.165) is 17.5 Å². The van der Waals surface area contributed by atoms with Gasteiger partial charge in [-0.15, -0.1) is 0 Å². The predicted molar refractivity (Wildman–Crippen MR) is 88.4 cm³/mol. The molecule has 3 N–H and O–H groups in total. The molecule has 110 valence electrons. The van der Waals surface area contributed by atoms with Crippen LogP contribution in [0.5, 0.6) is 0 Å². The molecule has 0 fully saturated rings. The number of hydrogen-bond donors (Lipinski definition) is 2. The van der Waals surface area contributed by atoms with E-state index in [1.165, 1.54) is 0 Å². The summed E-state index contributed by atoms with van der Waals surface area (Å²) in [5, 5.41) is 3.63. The molecule has 0 unspecified atom stereocenters. The molecular weight excluding hydrogens is 307 g/mol. The summed E-state index contributed by atoms with van der Waals surface area (Å²) >= 11 is 12.3. The lowest BCUT2D eigenvalue weighted by Crippen LogP contribution is -2.13. The van der Waals surface area contributed by atoms with Crippen molar-refractivity contribution < 1.29 is 4.79 Å². The van der Waals surface area contributed by atoms with Gasteiger partial charge in [0.2, 0.25) is 0 Å². The maximum Gasteiger partial charge on any atom is 0.255 e. The Kier molecular flexibility index (Phi) is 5.23. The Morgan fingerprint density at radius 3 is 2.43 bits per heavy atom. The van der Waals surface area contributed by atoms with Gasteiger partial charge < -0.3 is 11.1 Å². The highest BCUT2D eigenvalue weighted by atomic mass is 35.5. The van der Waals surface area contributed by atoms with Gasteiger partial charge in [-0.25, -0.2) is 0 Å². The van der Waals surface area contributed by atoms with E-state index in [2.05, 4.69) is 5.32 Å². The van der Waals surface area contributed by atoms with Gasteiger partial charge in [0.05, 0.1) is 15.7 Å². The second-order valence-electron chi connectivity index (χ2n) is 4.74. The van der Waals surface area contributed by atoms with Crippen LogP contribution in [0.15, 0.2) is 36.4 Å². The lowest BCUT2D eigenvalue weighted by molar-refractivity contribution is 0.102. The first-order chi connectivity index (χ1) is 10.0. The third-order valence-corrected chi connectivity index (χ3v) is 3.97. The zero-order valence-electron chi connectivity index (χ0n) is 11.6. The number of nitrogens with one attached hydrogen (secondary N) is 1. The maximum atomic E-state index is 12.2. The van der Waals surface area contributed by atoms with Gasteiger partial charge in [-0.05, 0) is 49.2 Å². The highest BCUT2D eigenvalue weighted by Gasteiger charge is 2.13. The number of carbonyl (C=O) groups excluding carboxylic acids is 1. The summed E-state index contributed by atoms with van der Waals surface area (Å²) in [5.74, 6) is -0.247. The first kappa shape index (κ1) is 15.8. The zero-order chi connectivity index (χ0) is 15.4. The van der Waals surface area contributed by atoms with E-state index < -0.39 is 0 Å². The van der Waals surface area contributed by atoms with Gasteiger partial charge in [0.1, 0.15) is 0 Å². The summed E-state index contributed by atoms with van der Waals surface area (Å²) in [7, 11) is 0. The fourth-order valence-corrected chi connectivity index (χ4v) is 2.41. The monoisotopic (exact) mass is 322 g/mol. The first-order valence-electron chi connectivity index (χ1n) is 6.58. The van der Waals surface area contributed by atoms with Crippen molar-refractivity contribution in [2.24, 2.45) is 5.73 Å². The van der Waals surface area contributed by atoms with Crippen LogP contribution < -0.4 is 11.1 Å². The first-order valence-corrected chi connectivity index (χ1v) is 7.33. The Bertz CT molecular complexity index is 654. The summed E-state index contributed by atoms with van der Waals surface area (Å²) in [6, 6.07) is 10.8. The average Bonchev–Trinajstić information content (AvgIpc) is 2.48. The van der Waals surface area contributed by atoms with Crippen LogP contribution in [0.25, 0.3) is 0 Å². The predicted octanol–water partition coefficient (Wildman–Crippen LogP) is 4.06. The van der Waals surface area contributed by atoms with Crippen molar-refractivity contribution in [3.63, 3.8) is 0 Å². The van der Waals surface area contributed by atoms with E-state index in [-0.39, 0.29) is 5.91 Å². The van der Waals surface area contributed by atoms with E-state index in [4.69, 9.17) is 28.9 Å². The summed E-state index contributed by atoms with van der Waals surface area (Å²) in [6.45, 7) is 2.44. The van der Waals surface area contributed by atoms with Crippen molar-refractivity contribution in [3.05, 3.63) is 63.1 Å². The highest BCUT2D eigenvalue weighted by Crippen LogP contribution is 2.33. The molecule has 0 radical (unpaired) electrons. The van der Waals surface area contributed by atoms with Crippen LogP contribution in [-0.2, 0) is 6.42 Å². The van der Waals surface area contributed by atoms with Gasteiger partial charge in [0.15, 0.2) is 0 Å². The summed E-state index contributed by atoms with van der Waals surface area (Å²) in [4.78, 5) is 12.2. The van der Waals surface area contributed by atoms with E-state index in [1.807, 2.05) is 25.1 Å². The largest absolute Gasteiger partial charge is 0.330 e. The highest BCUT2D eigenvalue weighted by molar-refractivity contribution is 6.40. The number of carbonyl (C=O) groups is 1. The third kappa shape index (κ3) is 3.76. The minimum Gasteiger partial charge on any atom is -0.330 e. The minimum absolute atomic E-state index is 0.247. The van der Waals surface area contributed by atoms with Gasteiger partial charge in [-0.1, -0.05) is 41.4 Å². The van der Waals surface area contributed by atoms with Crippen molar-refractivity contribution in [1.29, 1.82) is 0 Å². The van der Waals surface area contributed by atoms with Crippen molar-refractivity contribution in [3.8, 4) is 0 Å². The number of anilines is 1. The van der Waals surface area contributed by atoms with Crippen LogP contribution in [0, 0.1) is 6.92 Å². The van der Waals surface area contributed by atoms with Crippen LogP contribution in [0.2, 0.25) is 10.0 Å². The second-order valence-corrected chi connectivity index (χ2v) is 5.53. The van der Waals surface area contributed by atoms with Crippen LogP contribution in [0.4, 0.5) is 5.69 Å². The smallest absolute Gasteiger partial charge is 0.255 e. The standard InChI is InChI=1S/C16H16Cl2N2O/c1-10-2-7-13(17)15(14(10)18)20-16(21)12-5-3-11(4-6-12)8-9-19/h2-7H,8-9,19H2,1H3,(H,20,21). The van der Waals surface area contributed by atoms with E-state index >= 15 is 0 Å². The quantitative estimate of drug-likeness (QED) is 0.892. The molecule has 0 saturated heterocycles. The number of aryl methyl sites for hydroxylation is 1. The summed E-state index contributed by atoms with van der Waals surface area (Å²) in [6.07, 6.45) is 0.789. The average molecular weight is 323 g/mol. The molecule has 0 saturated carbocycles. The number of rotatable bonds is 4. The lowest BCUT2D eigenvalue weighted by atomic mass is 10.1. The van der Waals surface area contributed by atoms with Crippen LogP contribution in [0.3, 0.4) is 0 Å². The molecule has 0 aromatic heterocycles. The summed E-state index contributed by atoms with van der Waals surface area (Å²) < 4.78 is 0. The number of nitrogens with two attached hydrogens (primary N) is 1. The second kappa shape index (κ2) is 6.94. The number of halogens is 2. The van der Waals surface area contributed by atoms with Crippen molar-refractivity contribution in [1.82, 2.24) is 0 Å². The van der Waals surface area contributed by atoms with Crippen molar-refractivity contribution in [2.45, 2.75) is 13.3 Å². The zero-order valence-corrected chi connectivity index (χ0v) is 13.1. The molecule has 0 bridgehead atoms. The molecule has 2 rings (SSSR count). The van der Waals surface area contributed by atoms with E-state index in [1.54, 1.807) is 18.2 Å². The molecular formula is C16H16Cl2N2O. The minimum atomic E-state index is -0.247. The topological polar surface area (TPSA) is 55.1 Å². The lowest BCUT2D eigenvalue weighted by Gasteiger charge is -2.11. The third-order valence-electron chi connectivity index (χ3n) is 3.17. The van der Waals surface area contributed by atoms with Gasteiger partial charge in [-0.2, -0.15) is 0 Å². The molecule has 2 aromatic carbocycles. The van der Waals surface area contributed by atoms with Crippen molar-refractivity contribution in [2.75, 3.05) is 11.9 Å². The fraction of sp³-hybridized carbons (Fsp3) is 0.188. The molecule has 5 heteroatoms. The van der Waals surface area contributed by atoms with Crippen LogP contribution in [-0.4, -0.2) is 12.5 Å². The number of benzene rings is 2. The number of amides is 1. The van der Waals surface area contributed by atoms with E-state index in [9.17, 15) is 4.79 Å². The van der Waals surface area contributed by atoms with Gasteiger partial charge in [-0.3, -0.25) is 4.79 Å². The molecule has 0 spiro atoms. The van der Waals surface area contributed by atoms with Gasteiger partial charge >= 0.3 is 0 Å². The fourth-order valence-electron chi connectivity index (χ4n) is 1.95. The Balaban J connectivity index is 2.20. The Morgan fingerprint density at radius 1 is 1.14 bits per heavy atom. The van der Waals surface area contributed by atoms with Gasteiger partial charge in [0.25, 0.3) is 5.91 Å². The maximum absolute atomic E-state index is 12.2. The molecule has 3 nitrogen and oxygen atoms in total.